The summed E-state index contributed by atoms with van der Waals surface area (Å²) in [4.78, 5) is 37.4. The first-order valence-corrected chi connectivity index (χ1v) is 6.57. The Morgan fingerprint density at radius 3 is 2.57 bits per heavy atom. The summed E-state index contributed by atoms with van der Waals surface area (Å²) in [6.45, 7) is 5.46. The number of primary amides is 1. The van der Waals surface area contributed by atoms with Crippen molar-refractivity contribution in [2.45, 2.75) is 33.7 Å². The number of hydrogen-bond donors (Lipinski definition) is 3. The van der Waals surface area contributed by atoms with Crippen LogP contribution in [0.3, 0.4) is 0 Å². The number of urea groups is 1. The fourth-order valence-corrected chi connectivity index (χ4v) is 2.08. The van der Waals surface area contributed by atoms with E-state index < -0.39 is 23.6 Å². The monoisotopic (exact) mass is 296 g/mol. The minimum Gasteiger partial charge on any atom is -0.481 e. The summed E-state index contributed by atoms with van der Waals surface area (Å²) < 4.78 is 1.41. The van der Waals surface area contributed by atoms with Gasteiger partial charge >= 0.3 is 17.7 Å². The SMILES string of the molecule is Cc1nc(=O)n(CCNC(N)=O)c(C)c1CC(C)C(=O)O. The molecule has 4 N–H and O–H groups in total. The molecule has 8 nitrogen and oxygen atoms in total. The van der Waals surface area contributed by atoms with Crippen LogP contribution in [0.15, 0.2) is 4.79 Å². The summed E-state index contributed by atoms with van der Waals surface area (Å²) in [6.07, 6.45) is 0.295. The van der Waals surface area contributed by atoms with E-state index in [9.17, 15) is 14.4 Å². The minimum absolute atomic E-state index is 0.203. The predicted octanol–water partition coefficient (Wildman–Crippen LogP) is -0.208. The molecule has 0 aliphatic carbocycles. The highest BCUT2D eigenvalue weighted by molar-refractivity contribution is 5.71. The molecule has 0 saturated carbocycles. The Bertz CT molecular complexity index is 609. The summed E-state index contributed by atoms with van der Waals surface area (Å²) in [7, 11) is 0. The summed E-state index contributed by atoms with van der Waals surface area (Å²) in [5.74, 6) is -1.47. The number of carboxylic acids is 1. The highest BCUT2D eigenvalue weighted by atomic mass is 16.4. The molecule has 1 atom stereocenters. The van der Waals surface area contributed by atoms with Crippen LogP contribution in [0, 0.1) is 19.8 Å². The van der Waals surface area contributed by atoms with Crippen LogP contribution in [-0.4, -0.2) is 33.2 Å². The highest BCUT2D eigenvalue weighted by Gasteiger charge is 2.18. The van der Waals surface area contributed by atoms with Gasteiger partial charge in [-0.2, -0.15) is 4.98 Å². The Morgan fingerprint density at radius 1 is 1.43 bits per heavy atom. The molecule has 0 aliphatic rings. The number of aryl methyl sites for hydroxylation is 1. The standard InChI is InChI=1S/C13H20N4O4/c1-7(11(18)19)6-10-8(2)16-13(21)17(9(10)3)5-4-15-12(14)20/h7H,4-6H2,1-3H3,(H,18,19)(H3,14,15,20). The summed E-state index contributed by atoms with van der Waals surface area (Å²) in [5.41, 5.74) is 6.47. The Balaban J connectivity index is 3.07. The topological polar surface area (TPSA) is 127 Å². The second-order valence-corrected chi connectivity index (χ2v) is 4.93. The number of aliphatic carboxylic acids is 1. The molecule has 0 aliphatic heterocycles. The smallest absolute Gasteiger partial charge is 0.348 e. The molecule has 0 bridgehead atoms. The number of rotatable bonds is 6. The molecule has 1 heterocycles. The van der Waals surface area contributed by atoms with E-state index in [-0.39, 0.29) is 13.1 Å². The lowest BCUT2D eigenvalue weighted by molar-refractivity contribution is -0.141. The van der Waals surface area contributed by atoms with Crippen LogP contribution in [0.5, 0.6) is 0 Å². The van der Waals surface area contributed by atoms with E-state index >= 15 is 0 Å². The van der Waals surface area contributed by atoms with E-state index in [0.717, 1.165) is 5.56 Å². The molecule has 1 unspecified atom stereocenters. The Morgan fingerprint density at radius 2 is 2.05 bits per heavy atom. The van der Waals surface area contributed by atoms with Gasteiger partial charge in [0.2, 0.25) is 0 Å². The maximum atomic E-state index is 11.9. The Labute approximate surface area is 122 Å². The number of hydrogen-bond acceptors (Lipinski definition) is 4. The fraction of sp³-hybridized carbons (Fsp3) is 0.538. The van der Waals surface area contributed by atoms with Crippen LogP contribution in [0.2, 0.25) is 0 Å². The molecular formula is C13H20N4O4. The van der Waals surface area contributed by atoms with E-state index in [0.29, 0.717) is 17.8 Å². The number of carbonyl (C=O) groups is 2. The van der Waals surface area contributed by atoms with Gasteiger partial charge in [0.25, 0.3) is 0 Å². The third-order valence-corrected chi connectivity index (χ3v) is 3.34. The van der Waals surface area contributed by atoms with Gasteiger partial charge in [-0.15, -0.1) is 0 Å². The number of aromatic nitrogens is 2. The largest absolute Gasteiger partial charge is 0.481 e. The van der Waals surface area contributed by atoms with E-state index in [1.165, 1.54) is 4.57 Å². The zero-order valence-electron chi connectivity index (χ0n) is 12.3. The van der Waals surface area contributed by atoms with Gasteiger partial charge in [-0.1, -0.05) is 6.92 Å². The third-order valence-electron chi connectivity index (χ3n) is 3.34. The number of nitrogens with one attached hydrogen (secondary N) is 1. The normalized spacial score (nSPS) is 12.0. The van der Waals surface area contributed by atoms with E-state index in [1.54, 1.807) is 20.8 Å². The zero-order valence-corrected chi connectivity index (χ0v) is 12.3. The molecule has 116 valence electrons. The lowest BCUT2D eigenvalue weighted by Gasteiger charge is -2.17. The quantitative estimate of drug-likeness (QED) is 0.669. The van der Waals surface area contributed by atoms with Crippen molar-refractivity contribution in [3.63, 3.8) is 0 Å². The lowest BCUT2D eigenvalue weighted by Crippen LogP contribution is -2.36. The highest BCUT2D eigenvalue weighted by Crippen LogP contribution is 2.15. The van der Waals surface area contributed by atoms with Crippen molar-refractivity contribution in [1.29, 1.82) is 0 Å². The van der Waals surface area contributed by atoms with Crippen LogP contribution < -0.4 is 16.7 Å². The van der Waals surface area contributed by atoms with Crippen molar-refractivity contribution >= 4 is 12.0 Å². The summed E-state index contributed by atoms with van der Waals surface area (Å²) >= 11 is 0. The Kier molecular flexibility index (Phi) is 5.45. The first kappa shape index (κ1) is 16.7. The number of nitrogens with two attached hydrogens (primary N) is 1. The molecular weight excluding hydrogens is 276 g/mol. The van der Waals surface area contributed by atoms with Crippen molar-refractivity contribution in [2.24, 2.45) is 11.7 Å². The van der Waals surface area contributed by atoms with E-state index in [4.69, 9.17) is 10.8 Å². The molecule has 2 amide bonds. The average Bonchev–Trinajstić information content (AvgIpc) is 2.37. The van der Waals surface area contributed by atoms with E-state index in [1.807, 2.05) is 0 Å². The van der Waals surface area contributed by atoms with Crippen LogP contribution in [0.1, 0.15) is 23.9 Å². The van der Waals surface area contributed by atoms with Crippen molar-refractivity contribution in [3.8, 4) is 0 Å². The second-order valence-electron chi connectivity index (χ2n) is 4.93. The predicted molar refractivity (Wildman–Crippen MR) is 76.1 cm³/mol. The van der Waals surface area contributed by atoms with Gasteiger partial charge in [-0.25, -0.2) is 9.59 Å². The van der Waals surface area contributed by atoms with Gasteiger partial charge in [0.1, 0.15) is 0 Å². The molecule has 0 fully saturated rings. The first-order valence-electron chi connectivity index (χ1n) is 6.57. The number of nitrogens with zero attached hydrogens (tertiary/aromatic N) is 2. The molecule has 0 radical (unpaired) electrons. The maximum absolute atomic E-state index is 11.9. The molecule has 1 aromatic rings. The van der Waals surface area contributed by atoms with Crippen LogP contribution in [0.25, 0.3) is 0 Å². The van der Waals surface area contributed by atoms with Crippen LogP contribution >= 0.6 is 0 Å². The minimum atomic E-state index is -0.901. The van der Waals surface area contributed by atoms with Crippen molar-refractivity contribution < 1.29 is 14.7 Å². The molecule has 1 rings (SSSR count). The van der Waals surface area contributed by atoms with Crippen molar-refractivity contribution in [1.82, 2.24) is 14.9 Å². The van der Waals surface area contributed by atoms with Crippen molar-refractivity contribution in [3.05, 3.63) is 27.4 Å². The van der Waals surface area contributed by atoms with Crippen LogP contribution in [0.4, 0.5) is 4.79 Å². The van der Waals surface area contributed by atoms with Gasteiger partial charge < -0.3 is 16.2 Å². The zero-order chi connectivity index (χ0) is 16.2. The first-order chi connectivity index (χ1) is 9.73. The van der Waals surface area contributed by atoms with Crippen molar-refractivity contribution in [2.75, 3.05) is 6.54 Å². The molecule has 21 heavy (non-hydrogen) atoms. The average molecular weight is 296 g/mol. The second kappa shape index (κ2) is 6.87. The molecule has 8 heteroatoms. The van der Waals surface area contributed by atoms with Gasteiger partial charge in [-0.05, 0) is 25.8 Å². The maximum Gasteiger partial charge on any atom is 0.348 e. The summed E-state index contributed by atoms with van der Waals surface area (Å²) in [6, 6.07) is -0.666. The number of carbonyl (C=O) groups excluding carboxylic acids is 1. The molecule has 0 spiro atoms. The van der Waals surface area contributed by atoms with Gasteiger partial charge in [0.15, 0.2) is 0 Å². The van der Waals surface area contributed by atoms with Crippen LogP contribution in [-0.2, 0) is 17.8 Å². The Hall–Kier alpha value is -2.38. The number of carboxylic acid groups (broad SMARTS) is 1. The molecule has 1 aromatic heterocycles. The lowest BCUT2D eigenvalue weighted by atomic mass is 9.99. The fourth-order valence-electron chi connectivity index (χ4n) is 2.08. The van der Waals surface area contributed by atoms with Gasteiger partial charge in [0.05, 0.1) is 5.92 Å². The third kappa shape index (κ3) is 4.30. The number of amides is 2. The van der Waals surface area contributed by atoms with E-state index in [2.05, 4.69) is 10.3 Å². The molecule has 0 saturated heterocycles. The van der Waals surface area contributed by atoms with Gasteiger partial charge in [-0.3, -0.25) is 9.36 Å². The molecule has 0 aromatic carbocycles. The summed E-state index contributed by atoms with van der Waals surface area (Å²) in [5, 5.41) is 11.4. The van der Waals surface area contributed by atoms with Gasteiger partial charge in [0, 0.05) is 24.5 Å².